The highest BCUT2D eigenvalue weighted by molar-refractivity contribution is 5.58. The first-order chi connectivity index (χ1) is 8.29. The largest absolute Gasteiger partial charge is 0.494 e. The zero-order valence-corrected chi connectivity index (χ0v) is 9.64. The number of aromatic nitrogens is 2. The van der Waals surface area contributed by atoms with Gasteiger partial charge in [-0.05, 0) is 36.2 Å². The Morgan fingerprint density at radius 3 is 2.65 bits per heavy atom. The minimum absolute atomic E-state index is 0.200. The Labute approximate surface area is 99.3 Å². The average Bonchev–Trinajstić information content (AvgIpc) is 2.37. The van der Waals surface area contributed by atoms with E-state index in [0.717, 1.165) is 17.7 Å². The molecule has 0 unspecified atom stereocenters. The van der Waals surface area contributed by atoms with Gasteiger partial charge < -0.3 is 9.72 Å². The fourth-order valence-corrected chi connectivity index (χ4v) is 1.47. The van der Waals surface area contributed by atoms with Crippen LogP contribution in [0.25, 0.3) is 11.3 Å². The van der Waals surface area contributed by atoms with Gasteiger partial charge in [-0.15, -0.1) is 0 Å². The summed E-state index contributed by atoms with van der Waals surface area (Å²) in [6.45, 7) is 2.78. The third kappa shape index (κ3) is 2.93. The molecule has 4 nitrogen and oxygen atoms in total. The molecule has 1 N–H and O–H groups in total. The molecule has 1 heterocycles. The molecule has 1 aromatic carbocycles. The monoisotopic (exact) mass is 230 g/mol. The molecule has 0 fully saturated rings. The van der Waals surface area contributed by atoms with Crippen LogP contribution in [0, 0.1) is 0 Å². The number of hydrogen-bond acceptors (Lipinski definition) is 3. The number of nitrogens with one attached hydrogen (secondary N) is 1. The molecule has 2 aromatic rings. The maximum absolute atomic E-state index is 11.1. The Morgan fingerprint density at radius 1 is 1.24 bits per heavy atom. The van der Waals surface area contributed by atoms with Gasteiger partial charge in [0.05, 0.1) is 24.7 Å². The second kappa shape index (κ2) is 5.30. The van der Waals surface area contributed by atoms with Crippen molar-refractivity contribution >= 4 is 0 Å². The molecule has 88 valence electrons. The van der Waals surface area contributed by atoms with Crippen LogP contribution in [0.5, 0.6) is 5.75 Å². The molecule has 0 atom stereocenters. The first-order valence-corrected chi connectivity index (χ1v) is 5.57. The minimum atomic E-state index is -0.200. The van der Waals surface area contributed by atoms with Gasteiger partial charge in [-0.1, -0.05) is 6.92 Å². The van der Waals surface area contributed by atoms with Gasteiger partial charge in [0.15, 0.2) is 0 Å². The van der Waals surface area contributed by atoms with Crippen molar-refractivity contribution in [3.8, 4) is 17.0 Å². The van der Waals surface area contributed by atoms with E-state index >= 15 is 0 Å². The molecule has 4 heteroatoms. The third-order valence-electron chi connectivity index (χ3n) is 2.29. The topological polar surface area (TPSA) is 55.0 Å². The molecule has 2 rings (SSSR count). The number of hydrogen-bond donors (Lipinski definition) is 1. The normalized spacial score (nSPS) is 10.2. The Hall–Kier alpha value is -2.10. The smallest absolute Gasteiger partial charge is 0.266 e. The van der Waals surface area contributed by atoms with Crippen LogP contribution >= 0.6 is 0 Å². The molecule has 0 bridgehead atoms. The Balaban J connectivity index is 2.20. The lowest BCUT2D eigenvalue weighted by Gasteiger charge is -2.05. The van der Waals surface area contributed by atoms with Crippen LogP contribution in [0.1, 0.15) is 13.3 Å². The highest BCUT2D eigenvalue weighted by Crippen LogP contribution is 2.19. The average molecular weight is 230 g/mol. The van der Waals surface area contributed by atoms with E-state index in [2.05, 4.69) is 16.9 Å². The summed E-state index contributed by atoms with van der Waals surface area (Å²) >= 11 is 0. The van der Waals surface area contributed by atoms with Crippen molar-refractivity contribution in [3.05, 3.63) is 47.0 Å². The fourth-order valence-electron chi connectivity index (χ4n) is 1.47. The lowest BCUT2D eigenvalue weighted by atomic mass is 10.1. The van der Waals surface area contributed by atoms with Crippen molar-refractivity contribution in [2.75, 3.05) is 6.61 Å². The molecule has 17 heavy (non-hydrogen) atoms. The van der Waals surface area contributed by atoms with E-state index in [1.807, 2.05) is 24.3 Å². The maximum atomic E-state index is 11.1. The number of H-pyrrole nitrogens is 1. The van der Waals surface area contributed by atoms with Crippen LogP contribution in [0.2, 0.25) is 0 Å². The van der Waals surface area contributed by atoms with Gasteiger partial charge in [0.1, 0.15) is 5.75 Å². The number of nitrogens with zero attached hydrogens (tertiary/aromatic N) is 1. The second-order valence-electron chi connectivity index (χ2n) is 3.68. The SMILES string of the molecule is CCCOc1ccc(-c2cncc(=O)[nH]2)cc1. The van der Waals surface area contributed by atoms with Gasteiger partial charge in [0.25, 0.3) is 5.56 Å². The molecule has 0 amide bonds. The van der Waals surface area contributed by atoms with Crippen LogP contribution < -0.4 is 10.3 Å². The highest BCUT2D eigenvalue weighted by Gasteiger charge is 1.99. The van der Waals surface area contributed by atoms with E-state index in [1.54, 1.807) is 6.20 Å². The third-order valence-corrected chi connectivity index (χ3v) is 2.29. The molecule has 0 aliphatic heterocycles. The first kappa shape index (κ1) is 11.4. The fraction of sp³-hybridized carbons (Fsp3) is 0.231. The molecular weight excluding hydrogens is 216 g/mol. The van der Waals surface area contributed by atoms with Gasteiger partial charge in [0, 0.05) is 0 Å². The quantitative estimate of drug-likeness (QED) is 0.876. The Kier molecular flexibility index (Phi) is 3.55. The van der Waals surface area contributed by atoms with Crippen molar-refractivity contribution < 1.29 is 4.74 Å². The van der Waals surface area contributed by atoms with Crippen molar-refractivity contribution in [1.82, 2.24) is 9.97 Å². The predicted molar refractivity (Wildman–Crippen MR) is 66.1 cm³/mol. The van der Waals surface area contributed by atoms with Crippen LogP contribution in [-0.4, -0.2) is 16.6 Å². The zero-order chi connectivity index (χ0) is 12.1. The van der Waals surface area contributed by atoms with Crippen LogP contribution in [0.15, 0.2) is 41.5 Å². The number of aromatic amines is 1. The van der Waals surface area contributed by atoms with E-state index in [9.17, 15) is 4.79 Å². The summed E-state index contributed by atoms with van der Waals surface area (Å²) in [5.41, 5.74) is 1.42. The molecule has 0 radical (unpaired) electrons. The first-order valence-electron chi connectivity index (χ1n) is 5.57. The minimum Gasteiger partial charge on any atom is -0.494 e. The predicted octanol–water partition coefficient (Wildman–Crippen LogP) is 2.23. The molecule has 0 saturated heterocycles. The van der Waals surface area contributed by atoms with Crippen molar-refractivity contribution in [2.45, 2.75) is 13.3 Å². The van der Waals surface area contributed by atoms with Gasteiger partial charge in [-0.3, -0.25) is 9.78 Å². The highest BCUT2D eigenvalue weighted by atomic mass is 16.5. The van der Waals surface area contributed by atoms with Gasteiger partial charge in [-0.25, -0.2) is 0 Å². The molecule has 0 saturated carbocycles. The van der Waals surface area contributed by atoms with Crippen LogP contribution in [0.3, 0.4) is 0 Å². The van der Waals surface area contributed by atoms with Gasteiger partial charge in [0.2, 0.25) is 0 Å². The van der Waals surface area contributed by atoms with E-state index < -0.39 is 0 Å². The molecular formula is C13H14N2O2. The Morgan fingerprint density at radius 2 is 2.00 bits per heavy atom. The van der Waals surface area contributed by atoms with E-state index in [4.69, 9.17) is 4.74 Å². The van der Waals surface area contributed by atoms with Crippen LogP contribution in [0.4, 0.5) is 0 Å². The Bertz CT molecular complexity index is 532. The molecule has 0 aliphatic carbocycles. The summed E-state index contributed by atoms with van der Waals surface area (Å²) in [5.74, 6) is 0.835. The summed E-state index contributed by atoms with van der Waals surface area (Å²) in [5, 5.41) is 0. The van der Waals surface area contributed by atoms with Crippen LogP contribution in [-0.2, 0) is 0 Å². The summed E-state index contributed by atoms with van der Waals surface area (Å²) in [7, 11) is 0. The standard InChI is InChI=1S/C13H14N2O2/c1-2-7-17-11-5-3-10(4-6-11)12-8-14-9-13(16)15-12/h3-6,8-9H,2,7H2,1H3,(H,15,16). The van der Waals surface area contributed by atoms with E-state index in [1.165, 1.54) is 6.20 Å². The summed E-state index contributed by atoms with van der Waals surface area (Å²) in [6, 6.07) is 7.57. The molecule has 0 aliphatic rings. The molecule has 0 spiro atoms. The van der Waals surface area contributed by atoms with Gasteiger partial charge >= 0.3 is 0 Å². The summed E-state index contributed by atoms with van der Waals surface area (Å²) in [6.07, 6.45) is 3.86. The number of benzene rings is 1. The second-order valence-corrected chi connectivity index (χ2v) is 3.68. The zero-order valence-electron chi connectivity index (χ0n) is 9.64. The number of ether oxygens (including phenoxy) is 1. The molecule has 1 aromatic heterocycles. The van der Waals surface area contributed by atoms with Crippen molar-refractivity contribution in [2.24, 2.45) is 0 Å². The summed E-state index contributed by atoms with van der Waals surface area (Å²) < 4.78 is 5.48. The lowest BCUT2D eigenvalue weighted by molar-refractivity contribution is 0.317. The van der Waals surface area contributed by atoms with E-state index in [-0.39, 0.29) is 5.56 Å². The van der Waals surface area contributed by atoms with E-state index in [0.29, 0.717) is 12.3 Å². The van der Waals surface area contributed by atoms with Crippen molar-refractivity contribution in [1.29, 1.82) is 0 Å². The lowest BCUT2D eigenvalue weighted by Crippen LogP contribution is -2.05. The number of rotatable bonds is 4. The summed E-state index contributed by atoms with van der Waals surface area (Å²) in [4.78, 5) is 17.7. The maximum Gasteiger partial charge on any atom is 0.266 e. The van der Waals surface area contributed by atoms with Crippen molar-refractivity contribution in [3.63, 3.8) is 0 Å². The van der Waals surface area contributed by atoms with Gasteiger partial charge in [-0.2, -0.15) is 0 Å².